The molecule has 8 heteroatoms. The van der Waals surface area contributed by atoms with Crippen LogP contribution in [-0.4, -0.2) is 9.91 Å². The molecule has 1 aromatic carbocycles. The number of nitrogens with zero attached hydrogens (tertiary/aromatic N) is 3. The maximum Gasteiger partial charge on any atom is 0.271 e. The number of nitro groups is 1. The number of benzene rings is 1. The summed E-state index contributed by atoms with van der Waals surface area (Å²) < 4.78 is 8.68. The molecule has 6 nitrogen and oxygen atoms in total. The first-order valence-corrected chi connectivity index (χ1v) is 7.61. The number of fused-ring (bicyclic) bond motifs is 1. The quantitative estimate of drug-likeness (QED) is 0.236. The van der Waals surface area contributed by atoms with Gasteiger partial charge in [-0.2, -0.15) is 0 Å². The van der Waals surface area contributed by atoms with Crippen LogP contribution in [0.2, 0.25) is 0 Å². The van der Waals surface area contributed by atoms with Gasteiger partial charge in [-0.3, -0.25) is 10.1 Å². The smallest absolute Gasteiger partial charge is 0.271 e. The van der Waals surface area contributed by atoms with E-state index in [1.165, 1.54) is 12.1 Å². The summed E-state index contributed by atoms with van der Waals surface area (Å²) in [5.74, 6) is 0.446. The third kappa shape index (κ3) is 3.86. The molecule has 0 amide bonds. The van der Waals surface area contributed by atoms with Crippen molar-refractivity contribution in [3.63, 3.8) is 0 Å². The van der Waals surface area contributed by atoms with Crippen LogP contribution in [0.5, 0.6) is 0 Å². The molecule has 0 fully saturated rings. The second-order valence-corrected chi connectivity index (χ2v) is 5.82. The van der Waals surface area contributed by atoms with Crippen LogP contribution < -0.4 is 28.5 Å². The Hall–Kier alpha value is -1.55. The summed E-state index contributed by atoms with van der Waals surface area (Å²) in [7, 11) is 0. The molecule has 0 atom stereocenters. The molecular weight excluding hydrogens is 477 g/mol. The maximum absolute atomic E-state index is 10.8. The van der Waals surface area contributed by atoms with Gasteiger partial charge in [0.2, 0.25) is 5.89 Å². The van der Waals surface area contributed by atoms with Gasteiger partial charge in [0.25, 0.3) is 5.69 Å². The monoisotopic (exact) mass is 489 g/mol. The second kappa shape index (κ2) is 7.35. The Balaban J connectivity index is 0.00000192. The lowest BCUT2D eigenvalue weighted by atomic mass is 10.3. The Morgan fingerprint density at radius 1 is 1.35 bits per heavy atom. The van der Waals surface area contributed by atoms with Crippen LogP contribution in [0, 0.1) is 10.1 Å². The molecule has 0 spiro atoms. The van der Waals surface area contributed by atoms with Crippen molar-refractivity contribution in [1.29, 1.82) is 0 Å². The lowest BCUT2D eigenvalue weighted by Crippen LogP contribution is -3.00. The van der Waals surface area contributed by atoms with Gasteiger partial charge in [0.1, 0.15) is 17.6 Å². The molecule has 2 aromatic heterocycles. The molecule has 3 rings (SSSR count). The number of non-ortho nitro benzene ring substituents is 1. The molecule has 2 heterocycles. The van der Waals surface area contributed by atoms with Gasteiger partial charge in [0, 0.05) is 18.6 Å². The number of aryl methyl sites for hydroxylation is 1. The fourth-order valence-electron chi connectivity index (χ4n) is 2.25. The van der Waals surface area contributed by atoms with Gasteiger partial charge in [-0.05, 0) is 28.1 Å². The number of nitro benzene ring substituents is 1. The summed E-state index contributed by atoms with van der Waals surface area (Å²) in [6, 6.07) is 6.31. The molecule has 0 unspecified atom stereocenters. The van der Waals surface area contributed by atoms with Crippen LogP contribution in [0.15, 0.2) is 45.5 Å². The lowest BCUT2D eigenvalue weighted by Gasteiger charge is -1.98. The van der Waals surface area contributed by atoms with E-state index in [4.69, 9.17) is 4.42 Å². The SMILES string of the molecule is CCC[n+]1cc(Br)cc(-c2nc3cc([N+](=O)[O-])ccc3o2)c1.[I-]. The molecular formula is C15H13BrIN3O3. The highest BCUT2D eigenvalue weighted by molar-refractivity contribution is 9.10. The van der Waals surface area contributed by atoms with E-state index >= 15 is 0 Å². The van der Waals surface area contributed by atoms with Crippen LogP contribution in [-0.2, 0) is 6.54 Å². The van der Waals surface area contributed by atoms with E-state index in [2.05, 4.69) is 32.4 Å². The van der Waals surface area contributed by atoms with Crippen LogP contribution in [0.1, 0.15) is 13.3 Å². The molecule has 0 aliphatic heterocycles. The summed E-state index contributed by atoms with van der Waals surface area (Å²) in [4.78, 5) is 14.7. The highest BCUT2D eigenvalue weighted by Crippen LogP contribution is 2.27. The number of hydrogen-bond acceptors (Lipinski definition) is 4. The molecule has 0 saturated heterocycles. The first-order valence-electron chi connectivity index (χ1n) is 6.82. The number of aromatic nitrogens is 2. The van der Waals surface area contributed by atoms with Crippen molar-refractivity contribution in [1.82, 2.24) is 4.98 Å². The minimum absolute atomic E-state index is 0. The Morgan fingerprint density at radius 2 is 2.13 bits per heavy atom. The molecule has 0 aliphatic rings. The van der Waals surface area contributed by atoms with Crippen molar-refractivity contribution < 1.29 is 37.9 Å². The third-order valence-electron chi connectivity index (χ3n) is 3.20. The summed E-state index contributed by atoms with van der Waals surface area (Å²) in [5.41, 5.74) is 1.83. The summed E-state index contributed by atoms with van der Waals surface area (Å²) >= 11 is 3.48. The minimum Gasteiger partial charge on any atom is -1.00 e. The van der Waals surface area contributed by atoms with E-state index in [0.717, 1.165) is 23.0 Å². The lowest BCUT2D eigenvalue weighted by molar-refractivity contribution is -0.697. The van der Waals surface area contributed by atoms with Gasteiger partial charge in [-0.15, -0.1) is 0 Å². The minimum atomic E-state index is -0.442. The van der Waals surface area contributed by atoms with Gasteiger partial charge in [0.05, 0.1) is 9.40 Å². The van der Waals surface area contributed by atoms with E-state index in [1.54, 1.807) is 6.07 Å². The number of pyridine rings is 1. The van der Waals surface area contributed by atoms with Crippen molar-refractivity contribution in [2.45, 2.75) is 19.9 Å². The first kappa shape index (κ1) is 17.8. The number of hydrogen-bond donors (Lipinski definition) is 0. The third-order valence-corrected chi connectivity index (χ3v) is 3.63. The second-order valence-electron chi connectivity index (χ2n) is 4.91. The molecule has 0 radical (unpaired) electrons. The standard InChI is InChI=1S/C15H13BrN3O3.HI/c1-2-5-18-8-10(6-11(16)9-18)15-17-13-7-12(19(20)21)3-4-14(13)22-15;/h3-4,6-9H,2,5H2,1H3;1H/q+1;/p-1. The Morgan fingerprint density at radius 3 is 2.83 bits per heavy atom. The van der Waals surface area contributed by atoms with Crippen LogP contribution >= 0.6 is 15.9 Å². The van der Waals surface area contributed by atoms with Gasteiger partial charge < -0.3 is 28.4 Å². The van der Waals surface area contributed by atoms with Crippen LogP contribution in [0.3, 0.4) is 0 Å². The fourth-order valence-corrected chi connectivity index (χ4v) is 2.76. The average molecular weight is 490 g/mol. The summed E-state index contributed by atoms with van der Waals surface area (Å²) in [6.07, 6.45) is 4.95. The zero-order chi connectivity index (χ0) is 15.7. The topological polar surface area (TPSA) is 73.0 Å². The highest BCUT2D eigenvalue weighted by atomic mass is 127. The fraction of sp³-hybridized carbons (Fsp3) is 0.200. The van der Waals surface area contributed by atoms with Crippen molar-refractivity contribution >= 4 is 32.7 Å². The molecule has 0 bridgehead atoms. The van der Waals surface area contributed by atoms with Crippen LogP contribution in [0.25, 0.3) is 22.6 Å². The molecule has 0 N–H and O–H groups in total. The predicted octanol–water partition coefficient (Wildman–Crippen LogP) is 0.867. The Bertz CT molecular complexity index is 866. The largest absolute Gasteiger partial charge is 1.00 e. The Kier molecular flexibility index (Phi) is 5.69. The molecule has 0 saturated carbocycles. The highest BCUT2D eigenvalue weighted by Gasteiger charge is 2.16. The number of oxazole rings is 1. The van der Waals surface area contributed by atoms with E-state index in [9.17, 15) is 10.1 Å². The van der Waals surface area contributed by atoms with Crippen LogP contribution in [0.4, 0.5) is 5.69 Å². The zero-order valence-electron chi connectivity index (χ0n) is 12.2. The molecule has 0 aliphatic carbocycles. The average Bonchev–Trinajstić information content (AvgIpc) is 2.89. The van der Waals surface area contributed by atoms with Gasteiger partial charge >= 0.3 is 0 Å². The summed E-state index contributed by atoms with van der Waals surface area (Å²) in [5, 5.41) is 10.8. The molecule has 3 aromatic rings. The van der Waals surface area contributed by atoms with E-state index in [1.807, 2.05) is 18.5 Å². The van der Waals surface area contributed by atoms with Crippen molar-refractivity contribution in [2.75, 3.05) is 0 Å². The number of halogens is 2. The van der Waals surface area contributed by atoms with Gasteiger partial charge in [0.15, 0.2) is 18.0 Å². The molecule has 120 valence electrons. The van der Waals surface area contributed by atoms with Crippen molar-refractivity contribution in [3.05, 3.63) is 51.2 Å². The zero-order valence-corrected chi connectivity index (χ0v) is 15.9. The summed E-state index contributed by atoms with van der Waals surface area (Å²) in [6.45, 7) is 2.99. The first-order chi connectivity index (χ1) is 10.6. The number of rotatable bonds is 4. The van der Waals surface area contributed by atoms with Gasteiger partial charge in [-0.25, -0.2) is 9.55 Å². The normalized spacial score (nSPS) is 10.5. The van der Waals surface area contributed by atoms with Crippen molar-refractivity contribution in [3.8, 4) is 11.5 Å². The van der Waals surface area contributed by atoms with E-state index < -0.39 is 4.92 Å². The van der Waals surface area contributed by atoms with E-state index in [0.29, 0.717) is 17.0 Å². The maximum atomic E-state index is 10.8. The molecule has 23 heavy (non-hydrogen) atoms. The van der Waals surface area contributed by atoms with E-state index in [-0.39, 0.29) is 29.7 Å². The Labute approximate surface area is 157 Å². The predicted molar refractivity (Wildman–Crippen MR) is 84.3 cm³/mol. The van der Waals surface area contributed by atoms with Crippen molar-refractivity contribution in [2.24, 2.45) is 0 Å². The van der Waals surface area contributed by atoms with Gasteiger partial charge in [-0.1, -0.05) is 6.92 Å².